The summed E-state index contributed by atoms with van der Waals surface area (Å²) in [5, 5.41) is 3.32. The monoisotopic (exact) mass is 335 g/mol. The van der Waals surface area contributed by atoms with E-state index in [1.54, 1.807) is 18.9 Å². The average Bonchev–Trinajstić information content (AvgIpc) is 2.96. The molecule has 0 aromatic heterocycles. The SMILES string of the molecule is COc1ccc(NC=C2C3=C(SCCC3=O)c3ccccc32)cc1. The fourth-order valence-electron chi connectivity index (χ4n) is 3.10. The van der Waals surface area contributed by atoms with Crippen LogP contribution in [0.1, 0.15) is 17.5 Å². The van der Waals surface area contributed by atoms with Gasteiger partial charge < -0.3 is 10.1 Å². The number of nitrogens with one attached hydrogen (secondary N) is 1. The molecule has 0 fully saturated rings. The summed E-state index contributed by atoms with van der Waals surface area (Å²) in [4.78, 5) is 13.6. The standard InChI is InChI=1S/C20H17NO2S/c1-23-14-8-6-13(7-9-14)21-12-17-15-4-2-3-5-16(15)20-19(17)18(22)10-11-24-20/h2-9,12,21H,10-11H2,1H3. The van der Waals surface area contributed by atoms with Gasteiger partial charge in [-0.3, -0.25) is 4.79 Å². The quantitative estimate of drug-likeness (QED) is 0.891. The summed E-state index contributed by atoms with van der Waals surface area (Å²) in [6.45, 7) is 0. The lowest BCUT2D eigenvalue weighted by molar-refractivity contribution is -0.114. The molecule has 1 heterocycles. The molecule has 2 aromatic carbocycles. The number of rotatable bonds is 3. The van der Waals surface area contributed by atoms with Gasteiger partial charge in [-0.25, -0.2) is 0 Å². The fourth-order valence-corrected chi connectivity index (χ4v) is 4.29. The van der Waals surface area contributed by atoms with Crippen molar-refractivity contribution in [2.45, 2.75) is 6.42 Å². The predicted molar refractivity (Wildman–Crippen MR) is 100 cm³/mol. The van der Waals surface area contributed by atoms with Crippen LogP contribution in [0, 0.1) is 0 Å². The van der Waals surface area contributed by atoms with Crippen molar-refractivity contribution in [1.29, 1.82) is 0 Å². The van der Waals surface area contributed by atoms with Crippen LogP contribution in [-0.4, -0.2) is 18.6 Å². The molecule has 1 aliphatic heterocycles. The molecule has 0 bridgehead atoms. The number of carbonyl (C=O) groups excluding carboxylic acids is 1. The maximum atomic E-state index is 12.5. The molecule has 0 spiro atoms. The van der Waals surface area contributed by atoms with Gasteiger partial charge in [0.2, 0.25) is 0 Å². The van der Waals surface area contributed by atoms with Crippen molar-refractivity contribution < 1.29 is 9.53 Å². The second-order valence-electron chi connectivity index (χ2n) is 5.70. The largest absolute Gasteiger partial charge is 0.497 e. The van der Waals surface area contributed by atoms with E-state index in [-0.39, 0.29) is 5.78 Å². The Kier molecular flexibility index (Phi) is 3.90. The Labute approximate surface area is 145 Å². The third-order valence-corrected chi connectivity index (χ3v) is 5.41. The summed E-state index contributed by atoms with van der Waals surface area (Å²) in [6, 6.07) is 16.0. The van der Waals surface area contributed by atoms with Crippen molar-refractivity contribution in [2.24, 2.45) is 0 Å². The molecular formula is C20H17NO2S. The van der Waals surface area contributed by atoms with Gasteiger partial charge in [0.05, 0.1) is 7.11 Å². The van der Waals surface area contributed by atoms with Gasteiger partial charge in [0, 0.05) is 40.1 Å². The third-order valence-electron chi connectivity index (χ3n) is 4.29. The van der Waals surface area contributed by atoms with E-state index in [0.29, 0.717) is 6.42 Å². The van der Waals surface area contributed by atoms with E-state index >= 15 is 0 Å². The highest BCUT2D eigenvalue weighted by Gasteiger charge is 2.33. The first-order valence-corrected chi connectivity index (χ1v) is 8.87. The number of benzene rings is 2. The zero-order chi connectivity index (χ0) is 16.5. The summed E-state index contributed by atoms with van der Waals surface area (Å²) in [5.41, 5.74) is 5.13. The van der Waals surface area contributed by atoms with Gasteiger partial charge in [0.25, 0.3) is 0 Å². The maximum Gasteiger partial charge on any atom is 0.165 e. The van der Waals surface area contributed by atoms with E-state index in [1.165, 1.54) is 5.56 Å². The van der Waals surface area contributed by atoms with Gasteiger partial charge in [0.15, 0.2) is 5.78 Å². The minimum absolute atomic E-state index is 0.239. The molecule has 1 N–H and O–H groups in total. The van der Waals surface area contributed by atoms with Crippen LogP contribution in [0.25, 0.3) is 10.5 Å². The van der Waals surface area contributed by atoms with Crippen LogP contribution in [0.15, 0.2) is 60.3 Å². The van der Waals surface area contributed by atoms with E-state index in [9.17, 15) is 4.79 Å². The zero-order valence-electron chi connectivity index (χ0n) is 13.3. The number of ether oxygens (including phenoxy) is 1. The molecule has 0 amide bonds. The minimum Gasteiger partial charge on any atom is -0.497 e. The van der Waals surface area contributed by atoms with Crippen LogP contribution in [0.2, 0.25) is 0 Å². The molecule has 0 saturated heterocycles. The zero-order valence-corrected chi connectivity index (χ0v) is 14.2. The van der Waals surface area contributed by atoms with Gasteiger partial charge in [-0.2, -0.15) is 0 Å². The predicted octanol–water partition coefficient (Wildman–Crippen LogP) is 4.58. The summed E-state index contributed by atoms with van der Waals surface area (Å²) in [7, 11) is 1.65. The van der Waals surface area contributed by atoms with E-state index in [1.807, 2.05) is 42.6 Å². The molecule has 120 valence electrons. The lowest BCUT2D eigenvalue weighted by Gasteiger charge is -2.13. The Bertz CT molecular complexity index is 865. The molecule has 4 heteroatoms. The number of thioether (sulfide) groups is 1. The van der Waals surface area contributed by atoms with Crippen molar-refractivity contribution in [3.05, 3.63) is 71.4 Å². The molecule has 0 unspecified atom stereocenters. The van der Waals surface area contributed by atoms with Crippen LogP contribution in [-0.2, 0) is 4.79 Å². The average molecular weight is 335 g/mol. The van der Waals surface area contributed by atoms with Crippen LogP contribution >= 0.6 is 11.8 Å². The molecule has 2 aromatic rings. The first-order chi connectivity index (χ1) is 11.8. The topological polar surface area (TPSA) is 38.3 Å². The van der Waals surface area contributed by atoms with Gasteiger partial charge in [-0.05, 0) is 35.4 Å². The molecule has 2 aliphatic rings. The van der Waals surface area contributed by atoms with Crippen molar-refractivity contribution in [1.82, 2.24) is 0 Å². The number of anilines is 1. The summed E-state index contributed by atoms with van der Waals surface area (Å²) < 4.78 is 5.18. The maximum absolute atomic E-state index is 12.5. The number of carbonyl (C=O) groups is 1. The van der Waals surface area contributed by atoms with Crippen LogP contribution < -0.4 is 10.1 Å². The second kappa shape index (κ2) is 6.21. The van der Waals surface area contributed by atoms with E-state index in [4.69, 9.17) is 4.74 Å². The summed E-state index contributed by atoms with van der Waals surface area (Å²) in [6.07, 6.45) is 2.56. The molecule has 0 radical (unpaired) electrons. The summed E-state index contributed by atoms with van der Waals surface area (Å²) in [5.74, 6) is 1.93. The molecule has 3 nitrogen and oxygen atoms in total. The Balaban J connectivity index is 1.72. The van der Waals surface area contributed by atoms with Crippen LogP contribution in [0.4, 0.5) is 5.69 Å². The highest BCUT2D eigenvalue weighted by atomic mass is 32.2. The first-order valence-electron chi connectivity index (χ1n) is 7.89. The fraction of sp³-hybridized carbons (Fsp3) is 0.150. The molecular weight excluding hydrogens is 318 g/mol. The minimum atomic E-state index is 0.239. The number of Topliss-reactive ketones (excluding diaryl/α,β-unsaturated/α-hetero) is 1. The Hall–Kier alpha value is -2.46. The number of allylic oxidation sites excluding steroid dienone is 2. The number of hydrogen-bond donors (Lipinski definition) is 1. The number of hydrogen-bond acceptors (Lipinski definition) is 4. The first kappa shape index (κ1) is 15.1. The van der Waals surface area contributed by atoms with Crippen molar-refractivity contribution in [2.75, 3.05) is 18.2 Å². The smallest absolute Gasteiger partial charge is 0.165 e. The Morgan fingerprint density at radius 2 is 1.83 bits per heavy atom. The van der Waals surface area contributed by atoms with E-state index in [0.717, 1.165) is 38.8 Å². The Morgan fingerprint density at radius 1 is 1.08 bits per heavy atom. The van der Waals surface area contributed by atoms with E-state index < -0.39 is 0 Å². The third kappa shape index (κ3) is 2.53. The van der Waals surface area contributed by atoms with Gasteiger partial charge in [-0.15, -0.1) is 11.8 Å². The van der Waals surface area contributed by atoms with Gasteiger partial charge in [0.1, 0.15) is 5.75 Å². The molecule has 1 aliphatic carbocycles. The van der Waals surface area contributed by atoms with Crippen molar-refractivity contribution in [3.63, 3.8) is 0 Å². The number of methoxy groups -OCH3 is 1. The number of fused-ring (bicyclic) bond motifs is 2. The van der Waals surface area contributed by atoms with E-state index in [2.05, 4.69) is 17.4 Å². The molecule has 0 saturated carbocycles. The van der Waals surface area contributed by atoms with Crippen LogP contribution in [0.5, 0.6) is 5.75 Å². The summed E-state index contributed by atoms with van der Waals surface area (Å²) >= 11 is 1.78. The lowest BCUT2D eigenvalue weighted by atomic mass is 10.00. The lowest BCUT2D eigenvalue weighted by Crippen LogP contribution is -2.09. The highest BCUT2D eigenvalue weighted by Crippen LogP contribution is 2.49. The number of ketones is 1. The molecule has 4 rings (SSSR count). The van der Waals surface area contributed by atoms with Gasteiger partial charge >= 0.3 is 0 Å². The van der Waals surface area contributed by atoms with Crippen molar-refractivity contribution >= 4 is 33.7 Å². The molecule has 24 heavy (non-hydrogen) atoms. The molecule has 0 atom stereocenters. The normalized spacial score (nSPS) is 17.7. The second-order valence-corrected chi connectivity index (χ2v) is 6.81. The van der Waals surface area contributed by atoms with Crippen molar-refractivity contribution in [3.8, 4) is 5.75 Å². The Morgan fingerprint density at radius 3 is 2.58 bits per heavy atom. The van der Waals surface area contributed by atoms with Gasteiger partial charge in [-0.1, -0.05) is 24.3 Å². The van der Waals surface area contributed by atoms with Crippen LogP contribution in [0.3, 0.4) is 0 Å². The highest BCUT2D eigenvalue weighted by molar-refractivity contribution is 8.08.